The molecule has 15 heavy (non-hydrogen) atoms. The summed E-state index contributed by atoms with van der Waals surface area (Å²) < 4.78 is 10.1. The van der Waals surface area contributed by atoms with Gasteiger partial charge < -0.3 is 9.15 Å². The average Bonchev–Trinajstić information content (AvgIpc) is 2.63. The zero-order valence-corrected chi connectivity index (χ0v) is 8.88. The number of rotatable bonds is 2. The van der Waals surface area contributed by atoms with Crippen LogP contribution in [-0.2, 0) is 4.74 Å². The van der Waals surface area contributed by atoms with Crippen LogP contribution >= 0.6 is 11.6 Å². The maximum atomic E-state index is 11.5. The quantitative estimate of drug-likeness (QED) is 0.735. The fraction of sp³-hybridized carbons (Fsp3) is 0.182. The van der Waals surface area contributed by atoms with E-state index < -0.39 is 5.97 Å². The molecule has 0 spiro atoms. The van der Waals surface area contributed by atoms with Crippen LogP contribution in [0.4, 0.5) is 0 Å². The van der Waals surface area contributed by atoms with E-state index in [9.17, 15) is 4.79 Å². The molecule has 0 bridgehead atoms. The summed E-state index contributed by atoms with van der Waals surface area (Å²) in [5, 5.41) is 1.17. The van der Waals surface area contributed by atoms with Crippen LogP contribution in [0.1, 0.15) is 17.3 Å². The molecule has 0 atom stereocenters. The number of halogens is 1. The topological polar surface area (TPSA) is 39.4 Å². The second-order valence-electron chi connectivity index (χ2n) is 2.99. The van der Waals surface area contributed by atoms with Crippen LogP contribution in [0, 0.1) is 0 Å². The van der Waals surface area contributed by atoms with Gasteiger partial charge in [0, 0.05) is 5.39 Å². The normalized spacial score (nSPS) is 10.5. The minimum Gasteiger partial charge on any atom is -0.462 e. The van der Waals surface area contributed by atoms with E-state index >= 15 is 0 Å². The van der Waals surface area contributed by atoms with Crippen LogP contribution in [0.25, 0.3) is 11.0 Å². The smallest absolute Gasteiger partial charge is 0.342 e. The molecule has 0 unspecified atom stereocenters. The molecule has 0 aliphatic heterocycles. The van der Waals surface area contributed by atoms with E-state index in [1.165, 1.54) is 6.26 Å². The fourth-order valence-electron chi connectivity index (χ4n) is 1.39. The third kappa shape index (κ3) is 1.70. The lowest BCUT2D eigenvalue weighted by Gasteiger charge is -1.98. The van der Waals surface area contributed by atoms with Crippen LogP contribution in [0.5, 0.6) is 0 Å². The van der Waals surface area contributed by atoms with E-state index in [1.54, 1.807) is 25.1 Å². The Kier molecular flexibility index (Phi) is 2.64. The number of fused-ring (bicyclic) bond motifs is 1. The number of ether oxygens (including phenoxy) is 1. The van der Waals surface area contributed by atoms with E-state index in [-0.39, 0.29) is 0 Å². The van der Waals surface area contributed by atoms with E-state index in [0.29, 0.717) is 28.2 Å². The van der Waals surface area contributed by atoms with Gasteiger partial charge in [0.15, 0.2) is 5.58 Å². The molecular formula is C11H9ClO3. The maximum absolute atomic E-state index is 11.5. The first-order valence-corrected chi connectivity index (χ1v) is 4.94. The second kappa shape index (κ2) is 3.95. The minimum absolute atomic E-state index is 0.339. The molecule has 1 aromatic carbocycles. The molecule has 0 saturated heterocycles. The summed E-state index contributed by atoms with van der Waals surface area (Å²) in [5.74, 6) is -0.390. The lowest BCUT2D eigenvalue weighted by atomic mass is 10.2. The summed E-state index contributed by atoms with van der Waals surface area (Å²) in [6.07, 6.45) is 1.37. The van der Waals surface area contributed by atoms with Gasteiger partial charge in [-0.1, -0.05) is 23.7 Å². The molecule has 4 heteroatoms. The van der Waals surface area contributed by atoms with Gasteiger partial charge in [-0.2, -0.15) is 0 Å². The predicted octanol–water partition coefficient (Wildman–Crippen LogP) is 3.26. The van der Waals surface area contributed by atoms with Gasteiger partial charge in [0.25, 0.3) is 0 Å². The third-order valence-electron chi connectivity index (χ3n) is 2.05. The number of benzene rings is 1. The molecular weight excluding hydrogens is 216 g/mol. The number of hydrogen-bond acceptors (Lipinski definition) is 3. The SMILES string of the molecule is CCOC(=O)c1coc2c(Cl)cccc12. The Labute approximate surface area is 91.6 Å². The summed E-state index contributed by atoms with van der Waals surface area (Å²) in [5.41, 5.74) is 0.927. The van der Waals surface area contributed by atoms with Crippen molar-refractivity contribution >= 4 is 28.5 Å². The van der Waals surface area contributed by atoms with Crippen molar-refractivity contribution in [3.63, 3.8) is 0 Å². The van der Waals surface area contributed by atoms with Gasteiger partial charge in [0.05, 0.1) is 11.6 Å². The Balaban J connectivity index is 2.54. The second-order valence-corrected chi connectivity index (χ2v) is 3.39. The highest BCUT2D eigenvalue weighted by Gasteiger charge is 2.15. The molecule has 3 nitrogen and oxygen atoms in total. The highest BCUT2D eigenvalue weighted by molar-refractivity contribution is 6.35. The largest absolute Gasteiger partial charge is 0.462 e. The molecule has 2 rings (SSSR count). The standard InChI is InChI=1S/C11H9ClO3/c1-2-14-11(13)8-6-15-10-7(8)4-3-5-9(10)12/h3-6H,2H2,1H3. The zero-order chi connectivity index (χ0) is 10.8. The van der Waals surface area contributed by atoms with Crippen molar-refractivity contribution in [2.24, 2.45) is 0 Å². The van der Waals surface area contributed by atoms with Crippen LogP contribution in [-0.4, -0.2) is 12.6 Å². The molecule has 0 N–H and O–H groups in total. The molecule has 78 valence electrons. The van der Waals surface area contributed by atoms with Crippen molar-refractivity contribution in [2.75, 3.05) is 6.61 Å². The molecule has 1 aromatic heterocycles. The number of para-hydroxylation sites is 1. The lowest BCUT2D eigenvalue weighted by Crippen LogP contribution is -2.03. The minimum atomic E-state index is -0.390. The van der Waals surface area contributed by atoms with Gasteiger partial charge in [0.1, 0.15) is 11.8 Å². The van der Waals surface area contributed by atoms with Gasteiger partial charge in [-0.25, -0.2) is 4.79 Å². The first-order valence-electron chi connectivity index (χ1n) is 4.57. The zero-order valence-electron chi connectivity index (χ0n) is 8.12. The lowest BCUT2D eigenvalue weighted by molar-refractivity contribution is 0.0527. The van der Waals surface area contributed by atoms with E-state index in [1.807, 2.05) is 0 Å². The molecule has 2 aromatic rings. The highest BCUT2D eigenvalue weighted by Crippen LogP contribution is 2.27. The van der Waals surface area contributed by atoms with Gasteiger partial charge in [-0.05, 0) is 13.0 Å². The molecule has 0 fully saturated rings. The van der Waals surface area contributed by atoms with Gasteiger partial charge in [-0.15, -0.1) is 0 Å². The first-order chi connectivity index (χ1) is 7.24. The maximum Gasteiger partial charge on any atom is 0.342 e. The van der Waals surface area contributed by atoms with Crippen molar-refractivity contribution in [3.8, 4) is 0 Å². The van der Waals surface area contributed by atoms with E-state index in [4.69, 9.17) is 20.8 Å². The number of carbonyl (C=O) groups excluding carboxylic acids is 1. The molecule has 0 saturated carbocycles. The van der Waals surface area contributed by atoms with Crippen LogP contribution in [0.15, 0.2) is 28.9 Å². The van der Waals surface area contributed by atoms with Crippen molar-refractivity contribution in [3.05, 3.63) is 35.0 Å². The monoisotopic (exact) mass is 224 g/mol. The van der Waals surface area contributed by atoms with Gasteiger partial charge in [0.2, 0.25) is 0 Å². The van der Waals surface area contributed by atoms with E-state index in [0.717, 1.165) is 0 Å². The highest BCUT2D eigenvalue weighted by atomic mass is 35.5. The summed E-state index contributed by atoms with van der Waals surface area (Å²) >= 11 is 5.91. The number of carbonyl (C=O) groups is 1. The summed E-state index contributed by atoms with van der Waals surface area (Å²) in [6.45, 7) is 2.10. The average molecular weight is 225 g/mol. The Morgan fingerprint density at radius 2 is 2.33 bits per heavy atom. The summed E-state index contributed by atoms with van der Waals surface area (Å²) in [7, 11) is 0. The fourth-order valence-corrected chi connectivity index (χ4v) is 1.61. The Hall–Kier alpha value is -1.48. The Morgan fingerprint density at radius 3 is 3.07 bits per heavy atom. The number of hydrogen-bond donors (Lipinski definition) is 0. The van der Waals surface area contributed by atoms with E-state index in [2.05, 4.69) is 0 Å². The van der Waals surface area contributed by atoms with Crippen molar-refractivity contribution < 1.29 is 13.9 Å². The molecule has 0 aliphatic rings. The number of esters is 1. The Morgan fingerprint density at radius 1 is 1.53 bits per heavy atom. The van der Waals surface area contributed by atoms with Crippen LogP contribution < -0.4 is 0 Å². The molecule has 0 amide bonds. The van der Waals surface area contributed by atoms with Crippen molar-refractivity contribution in [1.29, 1.82) is 0 Å². The van der Waals surface area contributed by atoms with Crippen molar-refractivity contribution in [2.45, 2.75) is 6.92 Å². The van der Waals surface area contributed by atoms with Crippen molar-refractivity contribution in [1.82, 2.24) is 0 Å². The summed E-state index contributed by atoms with van der Waals surface area (Å²) in [6, 6.07) is 5.25. The third-order valence-corrected chi connectivity index (χ3v) is 2.34. The van der Waals surface area contributed by atoms with Crippen LogP contribution in [0.3, 0.4) is 0 Å². The molecule has 0 aliphatic carbocycles. The number of furan rings is 1. The van der Waals surface area contributed by atoms with Gasteiger partial charge in [-0.3, -0.25) is 0 Å². The summed E-state index contributed by atoms with van der Waals surface area (Å²) in [4.78, 5) is 11.5. The van der Waals surface area contributed by atoms with Crippen LogP contribution in [0.2, 0.25) is 5.02 Å². The van der Waals surface area contributed by atoms with Gasteiger partial charge >= 0.3 is 5.97 Å². The predicted molar refractivity (Wildman–Crippen MR) is 57.2 cm³/mol. The molecule has 1 heterocycles. The molecule has 0 radical (unpaired) electrons. The Bertz CT molecular complexity index is 502. The first kappa shape index (κ1) is 10.1.